The lowest BCUT2D eigenvalue weighted by Gasteiger charge is -2.26. The number of nitrogens with zero attached hydrogens (tertiary/aromatic N) is 2. The van der Waals surface area contributed by atoms with Crippen molar-refractivity contribution in [3.8, 4) is 0 Å². The maximum absolute atomic E-state index is 12.0. The lowest BCUT2D eigenvalue weighted by Crippen LogP contribution is -2.36. The molecular formula is C13H20N2O2. The van der Waals surface area contributed by atoms with Gasteiger partial charge in [-0.25, -0.2) is 4.79 Å². The number of carbonyl (C=O) groups excluding carboxylic acids is 1. The molecular weight excluding hydrogens is 216 g/mol. The lowest BCUT2D eigenvalue weighted by molar-refractivity contribution is 0.0236. The molecule has 0 radical (unpaired) electrons. The van der Waals surface area contributed by atoms with E-state index in [1.165, 1.54) is 5.69 Å². The SMILES string of the molecule is CC(C)(C)OC(=O)N1CCCn2cccc2C1. The number of aryl methyl sites for hydroxylation is 1. The first-order chi connectivity index (χ1) is 7.96. The van der Waals surface area contributed by atoms with Crippen LogP contribution < -0.4 is 0 Å². The van der Waals surface area contributed by atoms with E-state index in [9.17, 15) is 4.79 Å². The topological polar surface area (TPSA) is 34.5 Å². The molecule has 0 aromatic carbocycles. The van der Waals surface area contributed by atoms with Crippen molar-refractivity contribution in [1.29, 1.82) is 0 Å². The summed E-state index contributed by atoms with van der Waals surface area (Å²) in [6.07, 6.45) is 2.82. The first kappa shape index (κ1) is 12.0. The van der Waals surface area contributed by atoms with Crippen LogP contribution in [0.1, 0.15) is 32.9 Å². The summed E-state index contributed by atoms with van der Waals surface area (Å²) < 4.78 is 7.60. The van der Waals surface area contributed by atoms with E-state index in [2.05, 4.69) is 16.8 Å². The summed E-state index contributed by atoms with van der Waals surface area (Å²) in [6, 6.07) is 4.08. The van der Waals surface area contributed by atoms with E-state index in [0.29, 0.717) is 6.54 Å². The molecule has 0 saturated heterocycles. The van der Waals surface area contributed by atoms with Crippen molar-refractivity contribution in [2.24, 2.45) is 0 Å². The molecule has 0 unspecified atom stereocenters. The Bertz CT molecular complexity index is 404. The molecule has 1 aromatic heterocycles. The number of aromatic nitrogens is 1. The molecule has 0 N–H and O–H groups in total. The van der Waals surface area contributed by atoms with E-state index >= 15 is 0 Å². The number of fused-ring (bicyclic) bond motifs is 1. The summed E-state index contributed by atoms with van der Waals surface area (Å²) in [7, 11) is 0. The highest BCUT2D eigenvalue weighted by atomic mass is 16.6. The van der Waals surface area contributed by atoms with Crippen molar-refractivity contribution in [1.82, 2.24) is 9.47 Å². The Morgan fingerprint density at radius 2 is 2.12 bits per heavy atom. The smallest absolute Gasteiger partial charge is 0.410 e. The van der Waals surface area contributed by atoms with Gasteiger partial charge in [-0.2, -0.15) is 0 Å². The van der Waals surface area contributed by atoms with Gasteiger partial charge in [-0.15, -0.1) is 0 Å². The van der Waals surface area contributed by atoms with Crippen LogP contribution in [0, 0.1) is 0 Å². The molecule has 1 aliphatic rings. The first-order valence-corrected chi connectivity index (χ1v) is 6.08. The summed E-state index contributed by atoms with van der Waals surface area (Å²) >= 11 is 0. The molecule has 0 aliphatic carbocycles. The van der Waals surface area contributed by atoms with E-state index in [1.807, 2.05) is 26.8 Å². The normalized spacial score (nSPS) is 16.3. The number of hydrogen-bond acceptors (Lipinski definition) is 2. The molecule has 4 heteroatoms. The van der Waals surface area contributed by atoms with Crippen LogP contribution in [-0.2, 0) is 17.8 Å². The van der Waals surface area contributed by atoms with Crippen molar-refractivity contribution in [2.75, 3.05) is 6.54 Å². The van der Waals surface area contributed by atoms with Crippen molar-refractivity contribution in [3.05, 3.63) is 24.0 Å². The van der Waals surface area contributed by atoms with Crippen molar-refractivity contribution in [3.63, 3.8) is 0 Å². The van der Waals surface area contributed by atoms with Crippen LogP contribution in [0.4, 0.5) is 4.79 Å². The fraction of sp³-hybridized carbons (Fsp3) is 0.615. The van der Waals surface area contributed by atoms with Gasteiger partial charge < -0.3 is 14.2 Å². The Kier molecular flexibility index (Phi) is 3.13. The third-order valence-electron chi connectivity index (χ3n) is 2.76. The molecule has 94 valence electrons. The molecule has 0 fully saturated rings. The summed E-state index contributed by atoms with van der Waals surface area (Å²) in [4.78, 5) is 13.8. The van der Waals surface area contributed by atoms with Gasteiger partial charge in [0.25, 0.3) is 0 Å². The van der Waals surface area contributed by atoms with Crippen LogP contribution in [0.2, 0.25) is 0 Å². The van der Waals surface area contributed by atoms with Crippen LogP contribution in [0.3, 0.4) is 0 Å². The summed E-state index contributed by atoms with van der Waals surface area (Å²) in [5.74, 6) is 0. The summed E-state index contributed by atoms with van der Waals surface area (Å²) in [5.41, 5.74) is 0.749. The molecule has 2 rings (SSSR count). The van der Waals surface area contributed by atoms with Crippen LogP contribution in [0.5, 0.6) is 0 Å². The highest BCUT2D eigenvalue weighted by Crippen LogP contribution is 2.16. The van der Waals surface area contributed by atoms with Crippen molar-refractivity contribution in [2.45, 2.75) is 45.9 Å². The average Bonchev–Trinajstić information content (AvgIpc) is 2.53. The molecule has 4 nitrogen and oxygen atoms in total. The number of ether oxygens (including phenoxy) is 1. The van der Waals surface area contributed by atoms with Crippen LogP contribution in [0.25, 0.3) is 0 Å². The van der Waals surface area contributed by atoms with Gasteiger partial charge in [0.05, 0.1) is 6.54 Å². The summed E-state index contributed by atoms with van der Waals surface area (Å²) in [6.45, 7) is 8.06. The van der Waals surface area contributed by atoms with Gasteiger partial charge in [-0.05, 0) is 39.3 Å². The second-order valence-electron chi connectivity index (χ2n) is 5.45. The standard InChI is InChI=1S/C13H20N2O2/c1-13(2,3)17-12(16)15-9-5-8-14-7-4-6-11(14)10-15/h4,6-7H,5,8-10H2,1-3H3. The highest BCUT2D eigenvalue weighted by Gasteiger charge is 2.24. The van der Waals surface area contributed by atoms with Gasteiger partial charge in [0.15, 0.2) is 0 Å². The van der Waals surface area contributed by atoms with Crippen LogP contribution in [-0.4, -0.2) is 27.7 Å². The zero-order valence-corrected chi connectivity index (χ0v) is 10.8. The van der Waals surface area contributed by atoms with Crippen molar-refractivity contribution >= 4 is 6.09 Å². The van der Waals surface area contributed by atoms with Crippen molar-refractivity contribution < 1.29 is 9.53 Å². The van der Waals surface area contributed by atoms with E-state index in [-0.39, 0.29) is 6.09 Å². The minimum Gasteiger partial charge on any atom is -0.444 e. The van der Waals surface area contributed by atoms with Crippen LogP contribution >= 0.6 is 0 Å². The highest BCUT2D eigenvalue weighted by molar-refractivity contribution is 5.68. The Labute approximate surface area is 102 Å². The van der Waals surface area contributed by atoms with Gasteiger partial charge in [0.1, 0.15) is 5.60 Å². The summed E-state index contributed by atoms with van der Waals surface area (Å²) in [5, 5.41) is 0. The number of carbonyl (C=O) groups is 1. The van der Waals surface area contributed by atoms with E-state index in [4.69, 9.17) is 4.74 Å². The largest absolute Gasteiger partial charge is 0.444 e. The number of rotatable bonds is 0. The maximum atomic E-state index is 12.0. The zero-order valence-electron chi connectivity index (χ0n) is 10.8. The van der Waals surface area contributed by atoms with Gasteiger partial charge in [-0.3, -0.25) is 0 Å². The Hall–Kier alpha value is -1.45. The third kappa shape index (κ3) is 3.02. The molecule has 0 saturated carbocycles. The second-order valence-corrected chi connectivity index (χ2v) is 5.45. The Morgan fingerprint density at radius 1 is 1.35 bits per heavy atom. The zero-order chi connectivity index (χ0) is 12.5. The molecule has 0 spiro atoms. The fourth-order valence-corrected chi connectivity index (χ4v) is 2.00. The minimum absolute atomic E-state index is 0.216. The molecule has 0 atom stereocenters. The third-order valence-corrected chi connectivity index (χ3v) is 2.76. The molecule has 1 aliphatic heterocycles. The monoisotopic (exact) mass is 236 g/mol. The van der Waals surface area contributed by atoms with Gasteiger partial charge in [0, 0.05) is 25.0 Å². The molecule has 1 aromatic rings. The first-order valence-electron chi connectivity index (χ1n) is 6.08. The van der Waals surface area contributed by atoms with E-state index in [1.54, 1.807) is 4.90 Å². The quantitative estimate of drug-likeness (QED) is 0.694. The predicted molar refractivity (Wildman–Crippen MR) is 65.7 cm³/mol. The minimum atomic E-state index is -0.425. The van der Waals surface area contributed by atoms with E-state index in [0.717, 1.165) is 19.5 Å². The van der Waals surface area contributed by atoms with Gasteiger partial charge >= 0.3 is 6.09 Å². The predicted octanol–water partition coefficient (Wildman–Crippen LogP) is 2.63. The molecule has 2 heterocycles. The molecule has 17 heavy (non-hydrogen) atoms. The Morgan fingerprint density at radius 3 is 2.82 bits per heavy atom. The Balaban J connectivity index is 2.06. The second kappa shape index (κ2) is 4.43. The molecule has 1 amide bonds. The number of hydrogen-bond donors (Lipinski definition) is 0. The number of amides is 1. The van der Waals surface area contributed by atoms with Gasteiger partial charge in [0.2, 0.25) is 0 Å². The maximum Gasteiger partial charge on any atom is 0.410 e. The molecule has 0 bridgehead atoms. The average molecular weight is 236 g/mol. The van der Waals surface area contributed by atoms with Crippen LogP contribution in [0.15, 0.2) is 18.3 Å². The fourth-order valence-electron chi connectivity index (χ4n) is 2.00. The van der Waals surface area contributed by atoms with E-state index < -0.39 is 5.60 Å². The lowest BCUT2D eigenvalue weighted by atomic mass is 10.2. The van der Waals surface area contributed by atoms with Gasteiger partial charge in [-0.1, -0.05) is 0 Å².